The van der Waals surface area contributed by atoms with E-state index >= 15 is 0 Å². The van der Waals surface area contributed by atoms with Gasteiger partial charge in [-0.1, -0.05) is 6.58 Å². The molecular formula is C21H27NO3. The van der Waals surface area contributed by atoms with Crippen molar-refractivity contribution in [2.24, 2.45) is 35.5 Å². The lowest BCUT2D eigenvalue weighted by Crippen LogP contribution is -2.64. The third kappa shape index (κ3) is 1.79. The molecule has 6 aliphatic carbocycles. The van der Waals surface area contributed by atoms with Crippen LogP contribution in [0.15, 0.2) is 12.7 Å². The number of amides is 1. The molecule has 6 saturated carbocycles. The Balaban J connectivity index is 1.38. The predicted molar refractivity (Wildman–Crippen MR) is 91.3 cm³/mol. The zero-order chi connectivity index (χ0) is 16.9. The molecule has 0 aromatic carbocycles. The molecule has 0 N–H and O–H groups in total. The van der Waals surface area contributed by atoms with Crippen molar-refractivity contribution in [3.63, 3.8) is 0 Å². The lowest BCUT2D eigenvalue weighted by atomic mass is 9.52. The highest BCUT2D eigenvalue weighted by molar-refractivity contribution is 5.85. The Morgan fingerprint density at radius 3 is 2.32 bits per heavy atom. The number of carbonyl (C=O) groups is 2. The molecule has 0 aromatic heterocycles. The summed E-state index contributed by atoms with van der Waals surface area (Å²) in [5.74, 6) is 3.56. The third-order valence-corrected chi connectivity index (χ3v) is 8.68. The van der Waals surface area contributed by atoms with Crippen LogP contribution in [-0.4, -0.2) is 34.5 Å². The molecular weight excluding hydrogens is 314 g/mol. The minimum absolute atomic E-state index is 0.0849. The summed E-state index contributed by atoms with van der Waals surface area (Å²) in [7, 11) is 0. The molecule has 7 fully saturated rings. The highest BCUT2D eigenvalue weighted by Gasteiger charge is 2.69. The number of carbonyl (C=O) groups excluding carboxylic acids is 2. The van der Waals surface area contributed by atoms with E-state index in [-0.39, 0.29) is 29.6 Å². The van der Waals surface area contributed by atoms with E-state index in [1.807, 2.05) is 0 Å². The number of ether oxygens (including phenoxy) is 1. The summed E-state index contributed by atoms with van der Waals surface area (Å²) in [6, 6.07) is 0.149. The molecule has 25 heavy (non-hydrogen) atoms. The fourth-order valence-electron chi connectivity index (χ4n) is 8.49. The molecule has 4 heteroatoms. The Morgan fingerprint density at radius 2 is 1.72 bits per heavy atom. The molecule has 1 heterocycles. The van der Waals surface area contributed by atoms with Crippen molar-refractivity contribution in [3.05, 3.63) is 12.7 Å². The van der Waals surface area contributed by atoms with Gasteiger partial charge in [0.15, 0.2) is 0 Å². The van der Waals surface area contributed by atoms with E-state index in [2.05, 4.69) is 11.5 Å². The number of rotatable bonds is 3. The van der Waals surface area contributed by atoms with Crippen molar-refractivity contribution < 1.29 is 14.3 Å². The summed E-state index contributed by atoms with van der Waals surface area (Å²) in [5.41, 5.74) is 0.0849. The standard InChI is InChI=1S/C21H27NO3/c1-2-17(23)25-19-14-6-15-16(7-14)20(24)22(18(15)19)21-8-11-3-12(9-21)5-13(4-11)10-21/h2,11-16,18-19H,1,3-10H2. The molecule has 1 amide bonds. The van der Waals surface area contributed by atoms with Gasteiger partial charge in [-0.15, -0.1) is 0 Å². The van der Waals surface area contributed by atoms with Crippen molar-refractivity contribution in [1.29, 1.82) is 0 Å². The highest BCUT2D eigenvalue weighted by Crippen LogP contribution is 2.64. The maximum Gasteiger partial charge on any atom is 0.330 e. The molecule has 4 nitrogen and oxygen atoms in total. The van der Waals surface area contributed by atoms with Gasteiger partial charge >= 0.3 is 5.97 Å². The molecule has 6 bridgehead atoms. The van der Waals surface area contributed by atoms with Crippen LogP contribution in [0.5, 0.6) is 0 Å². The molecule has 0 spiro atoms. The van der Waals surface area contributed by atoms with Gasteiger partial charge in [-0.2, -0.15) is 0 Å². The van der Waals surface area contributed by atoms with Gasteiger partial charge in [-0.25, -0.2) is 4.79 Å². The predicted octanol–water partition coefficient (Wildman–Crippen LogP) is 2.92. The van der Waals surface area contributed by atoms with Crippen molar-refractivity contribution in [2.75, 3.05) is 0 Å². The number of hydrogen-bond acceptors (Lipinski definition) is 3. The Labute approximate surface area is 149 Å². The summed E-state index contributed by atoms with van der Waals surface area (Å²) < 4.78 is 5.82. The first-order chi connectivity index (χ1) is 12.1. The van der Waals surface area contributed by atoms with E-state index in [1.54, 1.807) is 0 Å². The Hall–Kier alpha value is -1.32. The summed E-state index contributed by atoms with van der Waals surface area (Å²) in [6.45, 7) is 3.56. The van der Waals surface area contributed by atoms with E-state index in [9.17, 15) is 9.59 Å². The number of hydrogen-bond donors (Lipinski definition) is 0. The van der Waals surface area contributed by atoms with Gasteiger partial charge in [-0.3, -0.25) is 4.79 Å². The van der Waals surface area contributed by atoms with Crippen LogP contribution in [0.25, 0.3) is 0 Å². The first-order valence-electron chi connectivity index (χ1n) is 10.2. The maximum absolute atomic E-state index is 13.4. The van der Waals surface area contributed by atoms with Crippen LogP contribution in [0.4, 0.5) is 0 Å². The number of nitrogens with zero attached hydrogens (tertiary/aromatic N) is 1. The van der Waals surface area contributed by atoms with Gasteiger partial charge in [0.1, 0.15) is 6.10 Å². The van der Waals surface area contributed by atoms with E-state index in [0.29, 0.717) is 17.7 Å². The van der Waals surface area contributed by atoms with Gasteiger partial charge in [0.05, 0.1) is 6.04 Å². The quantitative estimate of drug-likeness (QED) is 0.586. The van der Waals surface area contributed by atoms with Gasteiger partial charge in [0.2, 0.25) is 5.91 Å². The molecule has 0 aromatic rings. The fraction of sp³-hybridized carbons (Fsp3) is 0.810. The number of fused-ring (bicyclic) bond motifs is 1. The molecule has 7 rings (SSSR count). The van der Waals surface area contributed by atoms with Crippen molar-refractivity contribution in [2.45, 2.75) is 69.1 Å². The number of esters is 1. The fourth-order valence-corrected chi connectivity index (χ4v) is 8.49. The van der Waals surface area contributed by atoms with Gasteiger partial charge in [0.25, 0.3) is 0 Å². The minimum Gasteiger partial charge on any atom is -0.457 e. The summed E-state index contributed by atoms with van der Waals surface area (Å²) >= 11 is 0. The van der Waals surface area contributed by atoms with Crippen molar-refractivity contribution in [1.82, 2.24) is 4.90 Å². The largest absolute Gasteiger partial charge is 0.457 e. The smallest absolute Gasteiger partial charge is 0.330 e. The second-order valence-electron chi connectivity index (χ2n) is 9.95. The monoisotopic (exact) mass is 341 g/mol. The summed E-state index contributed by atoms with van der Waals surface area (Å²) in [6.07, 6.45) is 10.9. The summed E-state index contributed by atoms with van der Waals surface area (Å²) in [4.78, 5) is 27.6. The SMILES string of the molecule is C=CC(=O)OC1C2CC3C(=O)N(C45CC6CC(CC(C6)C4)C5)C1C3C2. The van der Waals surface area contributed by atoms with E-state index < -0.39 is 0 Å². The molecule has 1 aliphatic heterocycles. The van der Waals surface area contributed by atoms with Crippen LogP contribution in [0, 0.1) is 35.5 Å². The second kappa shape index (κ2) is 4.69. The molecule has 134 valence electrons. The molecule has 5 unspecified atom stereocenters. The van der Waals surface area contributed by atoms with Gasteiger partial charge in [-0.05, 0) is 81.0 Å². The van der Waals surface area contributed by atoms with Crippen molar-refractivity contribution in [3.8, 4) is 0 Å². The highest BCUT2D eigenvalue weighted by atomic mass is 16.5. The van der Waals surface area contributed by atoms with E-state index in [4.69, 9.17) is 4.74 Å². The Morgan fingerprint density at radius 1 is 1.08 bits per heavy atom. The van der Waals surface area contributed by atoms with E-state index in [1.165, 1.54) is 44.6 Å². The van der Waals surface area contributed by atoms with Gasteiger partial charge in [0, 0.05) is 17.5 Å². The van der Waals surface area contributed by atoms with Crippen molar-refractivity contribution >= 4 is 11.9 Å². The zero-order valence-electron chi connectivity index (χ0n) is 14.7. The average molecular weight is 341 g/mol. The van der Waals surface area contributed by atoms with Crippen LogP contribution in [-0.2, 0) is 14.3 Å². The summed E-state index contributed by atoms with van der Waals surface area (Å²) in [5, 5.41) is 0. The lowest BCUT2D eigenvalue weighted by Gasteiger charge is -2.61. The first kappa shape index (κ1) is 14.8. The Kier molecular flexibility index (Phi) is 2.78. The minimum atomic E-state index is -0.320. The number of likely N-dealkylation sites (tertiary alicyclic amines) is 1. The zero-order valence-corrected chi connectivity index (χ0v) is 14.7. The first-order valence-corrected chi connectivity index (χ1v) is 10.2. The van der Waals surface area contributed by atoms with Crippen LogP contribution in [0.2, 0.25) is 0 Å². The molecule has 0 radical (unpaired) electrons. The normalized spacial score (nSPS) is 54.4. The van der Waals surface area contributed by atoms with Crippen LogP contribution >= 0.6 is 0 Å². The average Bonchev–Trinajstić information content (AvgIpc) is 3.17. The third-order valence-electron chi connectivity index (χ3n) is 8.68. The second-order valence-corrected chi connectivity index (χ2v) is 9.95. The Bertz CT molecular complexity index is 635. The molecule has 7 aliphatic rings. The molecule has 5 atom stereocenters. The van der Waals surface area contributed by atoms with Crippen LogP contribution in [0.3, 0.4) is 0 Å². The molecule has 1 saturated heterocycles. The van der Waals surface area contributed by atoms with Crippen LogP contribution < -0.4 is 0 Å². The maximum atomic E-state index is 13.4. The topological polar surface area (TPSA) is 46.6 Å². The van der Waals surface area contributed by atoms with Gasteiger partial charge < -0.3 is 9.64 Å². The van der Waals surface area contributed by atoms with Crippen LogP contribution in [0.1, 0.15) is 51.4 Å². The van der Waals surface area contributed by atoms with E-state index in [0.717, 1.165) is 30.6 Å². The lowest BCUT2D eigenvalue weighted by molar-refractivity contribution is -0.162.